The first kappa shape index (κ1) is 14.5. The molecule has 0 radical (unpaired) electrons. The molecule has 15 heavy (non-hydrogen) atoms. The van der Waals surface area contributed by atoms with Crippen molar-refractivity contribution in [1.82, 2.24) is 0 Å². The molecule has 0 amide bonds. The molecule has 0 heterocycles. The molecule has 0 aliphatic rings. The number of rotatable bonds is 8. The maximum absolute atomic E-state index is 10.5. The Balaban J connectivity index is 3.57. The van der Waals surface area contributed by atoms with Gasteiger partial charge in [0.05, 0.1) is 11.8 Å². The molecule has 0 aromatic carbocycles. The average Bonchev–Trinajstić information content (AvgIpc) is 2.26. The van der Waals surface area contributed by atoms with Crippen LogP contribution in [0.5, 0.6) is 0 Å². The molecule has 2 atom stereocenters. The summed E-state index contributed by atoms with van der Waals surface area (Å²) in [4.78, 5) is 0. The molecule has 0 aromatic rings. The lowest BCUT2D eigenvalue weighted by molar-refractivity contribution is 0.177. The molecule has 0 aliphatic carbocycles. The Morgan fingerprint density at radius 1 is 1.27 bits per heavy atom. The highest BCUT2D eigenvalue weighted by Crippen LogP contribution is 2.13. The highest BCUT2D eigenvalue weighted by atomic mass is 31.1. The Morgan fingerprint density at radius 2 is 1.93 bits per heavy atom. The molecule has 0 spiro atoms. The summed E-state index contributed by atoms with van der Waals surface area (Å²) in [6, 6.07) is 0. The van der Waals surface area contributed by atoms with Crippen LogP contribution in [0, 0.1) is 0 Å². The van der Waals surface area contributed by atoms with Gasteiger partial charge < -0.3 is 5.11 Å². The van der Waals surface area contributed by atoms with Gasteiger partial charge in [0.1, 0.15) is 0 Å². The van der Waals surface area contributed by atoms with Gasteiger partial charge in [0.25, 0.3) is 0 Å². The van der Waals surface area contributed by atoms with E-state index in [1.54, 1.807) is 6.92 Å². The van der Waals surface area contributed by atoms with Crippen LogP contribution >= 0.6 is 8.46 Å². The molecule has 2 unspecified atom stereocenters. The van der Waals surface area contributed by atoms with Gasteiger partial charge in [-0.15, -0.1) is 0 Å². The molecule has 0 aliphatic heterocycles. The SMILES string of the molecule is CCC/C=C/C/C=C/CC(O)C(C)P=O. The molecular formula is C12H21O2P. The van der Waals surface area contributed by atoms with Crippen molar-refractivity contribution >= 4 is 8.46 Å². The minimum absolute atomic E-state index is 0.0180. The first-order chi connectivity index (χ1) is 7.22. The first-order valence-corrected chi connectivity index (χ1v) is 6.41. The molecular weight excluding hydrogens is 207 g/mol. The fourth-order valence-electron chi connectivity index (χ4n) is 1.06. The monoisotopic (exact) mass is 228 g/mol. The number of hydrogen-bond donors (Lipinski definition) is 1. The molecule has 3 heteroatoms. The summed E-state index contributed by atoms with van der Waals surface area (Å²) in [5.74, 6) is 0. The van der Waals surface area contributed by atoms with Crippen molar-refractivity contribution in [3.05, 3.63) is 24.3 Å². The third-order valence-corrected chi connectivity index (χ3v) is 2.84. The zero-order valence-corrected chi connectivity index (χ0v) is 10.5. The summed E-state index contributed by atoms with van der Waals surface area (Å²) in [7, 11) is 0.0180. The van der Waals surface area contributed by atoms with Crippen molar-refractivity contribution in [3.63, 3.8) is 0 Å². The fourth-order valence-corrected chi connectivity index (χ4v) is 1.32. The van der Waals surface area contributed by atoms with Gasteiger partial charge in [-0.2, -0.15) is 0 Å². The minimum Gasteiger partial charge on any atom is -0.392 e. The highest BCUT2D eigenvalue weighted by molar-refractivity contribution is 7.24. The van der Waals surface area contributed by atoms with Crippen molar-refractivity contribution in [2.24, 2.45) is 0 Å². The predicted molar refractivity (Wildman–Crippen MR) is 65.5 cm³/mol. The normalized spacial score (nSPS) is 16.5. The Bertz CT molecular complexity index is 212. The summed E-state index contributed by atoms with van der Waals surface area (Å²) >= 11 is 0. The largest absolute Gasteiger partial charge is 0.392 e. The molecule has 2 nitrogen and oxygen atoms in total. The topological polar surface area (TPSA) is 37.3 Å². The van der Waals surface area contributed by atoms with Crippen LogP contribution in [0.2, 0.25) is 0 Å². The second-order valence-corrected chi connectivity index (χ2v) is 4.64. The van der Waals surface area contributed by atoms with E-state index in [9.17, 15) is 9.67 Å². The van der Waals surface area contributed by atoms with Crippen molar-refractivity contribution in [2.45, 2.75) is 51.3 Å². The first-order valence-electron chi connectivity index (χ1n) is 5.52. The van der Waals surface area contributed by atoms with Gasteiger partial charge in [-0.3, -0.25) is 4.57 Å². The van der Waals surface area contributed by atoms with E-state index in [1.807, 2.05) is 12.2 Å². The molecule has 0 saturated carbocycles. The van der Waals surface area contributed by atoms with Gasteiger partial charge in [0.2, 0.25) is 0 Å². The van der Waals surface area contributed by atoms with Gasteiger partial charge in [-0.1, -0.05) is 37.6 Å². The van der Waals surface area contributed by atoms with Crippen LogP contribution in [0.25, 0.3) is 0 Å². The number of unbranched alkanes of at least 4 members (excludes halogenated alkanes) is 1. The van der Waals surface area contributed by atoms with E-state index in [1.165, 1.54) is 6.42 Å². The van der Waals surface area contributed by atoms with E-state index in [0.717, 1.165) is 12.8 Å². The van der Waals surface area contributed by atoms with Gasteiger partial charge in [0.15, 0.2) is 8.46 Å². The van der Waals surface area contributed by atoms with E-state index >= 15 is 0 Å². The Kier molecular flexibility index (Phi) is 9.76. The van der Waals surface area contributed by atoms with Gasteiger partial charge in [0, 0.05) is 0 Å². The number of aliphatic hydroxyl groups excluding tert-OH is 1. The maximum Gasteiger partial charge on any atom is 0.161 e. The van der Waals surface area contributed by atoms with E-state index in [-0.39, 0.29) is 14.1 Å². The van der Waals surface area contributed by atoms with Crippen molar-refractivity contribution < 1.29 is 9.67 Å². The summed E-state index contributed by atoms with van der Waals surface area (Å²) in [6.07, 6.45) is 11.6. The summed E-state index contributed by atoms with van der Waals surface area (Å²) in [5.41, 5.74) is -0.176. The Morgan fingerprint density at radius 3 is 2.53 bits per heavy atom. The third-order valence-electron chi connectivity index (χ3n) is 2.16. The van der Waals surface area contributed by atoms with Crippen LogP contribution in [-0.4, -0.2) is 16.9 Å². The fraction of sp³-hybridized carbons (Fsp3) is 0.667. The van der Waals surface area contributed by atoms with Crippen molar-refractivity contribution in [2.75, 3.05) is 0 Å². The molecule has 86 valence electrons. The maximum atomic E-state index is 10.5. The smallest absolute Gasteiger partial charge is 0.161 e. The van der Waals surface area contributed by atoms with Gasteiger partial charge in [-0.05, 0) is 26.2 Å². The number of allylic oxidation sites excluding steroid dienone is 3. The predicted octanol–water partition coefficient (Wildman–Crippen LogP) is 3.72. The molecule has 0 fully saturated rings. The highest BCUT2D eigenvalue weighted by Gasteiger charge is 2.11. The molecule has 0 bridgehead atoms. The van der Waals surface area contributed by atoms with Gasteiger partial charge >= 0.3 is 0 Å². The third kappa shape index (κ3) is 8.53. The van der Waals surface area contributed by atoms with Gasteiger partial charge in [-0.25, -0.2) is 0 Å². The molecule has 0 aromatic heterocycles. The van der Waals surface area contributed by atoms with Crippen LogP contribution in [-0.2, 0) is 4.57 Å². The lowest BCUT2D eigenvalue weighted by Gasteiger charge is -2.08. The summed E-state index contributed by atoms with van der Waals surface area (Å²) in [5, 5.41) is 9.48. The summed E-state index contributed by atoms with van der Waals surface area (Å²) in [6.45, 7) is 3.92. The Hall–Kier alpha value is -0.460. The van der Waals surface area contributed by atoms with E-state index < -0.39 is 6.10 Å². The van der Waals surface area contributed by atoms with Crippen LogP contribution < -0.4 is 0 Å². The van der Waals surface area contributed by atoms with Crippen LogP contribution in [0.3, 0.4) is 0 Å². The lowest BCUT2D eigenvalue weighted by Crippen LogP contribution is -2.16. The minimum atomic E-state index is -0.500. The van der Waals surface area contributed by atoms with Crippen molar-refractivity contribution in [3.8, 4) is 0 Å². The van der Waals surface area contributed by atoms with Crippen LogP contribution in [0.1, 0.15) is 39.5 Å². The second kappa shape index (κ2) is 10.1. The van der Waals surface area contributed by atoms with E-state index in [4.69, 9.17) is 0 Å². The number of aliphatic hydroxyl groups is 1. The lowest BCUT2D eigenvalue weighted by atomic mass is 10.2. The quantitative estimate of drug-likeness (QED) is 0.508. The average molecular weight is 228 g/mol. The molecule has 0 saturated heterocycles. The second-order valence-electron chi connectivity index (χ2n) is 3.62. The molecule has 0 rings (SSSR count). The van der Waals surface area contributed by atoms with E-state index in [0.29, 0.717) is 6.42 Å². The molecule has 1 N–H and O–H groups in total. The number of hydrogen-bond acceptors (Lipinski definition) is 2. The van der Waals surface area contributed by atoms with Crippen LogP contribution in [0.4, 0.5) is 0 Å². The standard InChI is InChI=1S/C12H21O2P/c1-3-4-5-6-7-8-9-10-12(13)11(2)15-14/h5-6,8-9,11-13H,3-4,7,10H2,1-2H3/b6-5+,9-8+. The van der Waals surface area contributed by atoms with Crippen LogP contribution in [0.15, 0.2) is 24.3 Å². The summed E-state index contributed by atoms with van der Waals surface area (Å²) < 4.78 is 10.5. The zero-order valence-electron chi connectivity index (χ0n) is 9.60. The Labute approximate surface area is 94.3 Å². The zero-order chi connectivity index (χ0) is 11.5. The van der Waals surface area contributed by atoms with E-state index in [2.05, 4.69) is 19.1 Å². The van der Waals surface area contributed by atoms with Crippen molar-refractivity contribution in [1.29, 1.82) is 0 Å².